The topological polar surface area (TPSA) is 0 Å². The van der Waals surface area contributed by atoms with E-state index in [-0.39, 0.29) is 7.25 Å². The molecule has 0 N–H and O–H groups in total. The molecule has 0 bridgehead atoms. The Morgan fingerprint density at radius 3 is 1.14 bits per heavy atom. The third-order valence-electron chi connectivity index (χ3n) is 18.1. The number of hydrogen-bond acceptors (Lipinski definition) is 0. The predicted molar refractivity (Wildman–Crippen MR) is 279 cm³/mol. The summed E-state index contributed by atoms with van der Waals surface area (Å²) in [6.45, 7) is 5.16. The average molecular weight is 988 g/mol. The molecule has 4 aromatic rings. The van der Waals surface area contributed by atoms with E-state index in [1.807, 2.05) is 0 Å². The average Bonchev–Trinajstić information content (AvgIpc) is 3.64. The van der Waals surface area contributed by atoms with E-state index in [9.17, 15) is 17.0 Å². The van der Waals surface area contributed by atoms with Gasteiger partial charge in [-0.25, -0.2) is 0 Å². The third kappa shape index (κ3) is 9.05. The van der Waals surface area contributed by atoms with Crippen LogP contribution in [-0.2, 0) is 15.6 Å². The molecule has 0 radical (unpaired) electrons. The number of fused-ring (bicyclic) bond motifs is 2. The van der Waals surface area contributed by atoms with E-state index in [1.165, 1.54) is 197 Å². The molecule has 6 aliphatic rings. The van der Waals surface area contributed by atoms with Crippen molar-refractivity contribution < 1.29 is 15.6 Å². The summed E-state index contributed by atoms with van der Waals surface area (Å²) >= 11 is -5.04. The van der Waals surface area contributed by atoms with Gasteiger partial charge in [-0.15, -0.1) is 0 Å². The van der Waals surface area contributed by atoms with Crippen molar-refractivity contribution in [1.82, 2.24) is 0 Å². The number of rotatable bonds is 11. The van der Waals surface area contributed by atoms with Gasteiger partial charge in [0.2, 0.25) is 0 Å². The summed E-state index contributed by atoms with van der Waals surface area (Å²) in [5.41, 5.74) is 17.5. The summed E-state index contributed by atoms with van der Waals surface area (Å²) in [4.78, 5) is 0. The van der Waals surface area contributed by atoms with Crippen molar-refractivity contribution >= 4 is 35.1 Å². The molecule has 0 nitrogen and oxygen atoms in total. The van der Waals surface area contributed by atoms with Gasteiger partial charge in [0, 0.05) is 0 Å². The van der Waals surface area contributed by atoms with Gasteiger partial charge in [-0.05, 0) is 0 Å². The zero-order valence-corrected chi connectivity index (χ0v) is 44.6. The minimum absolute atomic E-state index is 0.142. The molecule has 2 unspecified atom stereocenters. The number of allylic oxidation sites excluding steroid dienone is 2. The van der Waals surface area contributed by atoms with Gasteiger partial charge in [0.25, 0.3) is 0 Å². The molecule has 64 heavy (non-hydrogen) atoms. The van der Waals surface area contributed by atoms with Gasteiger partial charge in [-0.2, -0.15) is 0 Å². The fourth-order valence-electron chi connectivity index (χ4n) is 14.5. The van der Waals surface area contributed by atoms with Crippen LogP contribution in [0.1, 0.15) is 207 Å². The summed E-state index contributed by atoms with van der Waals surface area (Å²) in [5.74, 6) is 1.14. The molecule has 0 amide bonds. The van der Waals surface area contributed by atoms with Crippen LogP contribution in [0.5, 0.6) is 0 Å². The summed E-state index contributed by atoms with van der Waals surface area (Å²) in [7, 11) is 18.5. The maximum absolute atomic E-state index is 9.25. The first-order valence-corrected chi connectivity index (χ1v) is 43.0. The van der Waals surface area contributed by atoms with Gasteiger partial charge >= 0.3 is 400 Å². The van der Waals surface area contributed by atoms with Crippen molar-refractivity contribution in [2.75, 3.05) is 0 Å². The van der Waals surface area contributed by atoms with E-state index in [4.69, 9.17) is 0 Å². The first-order chi connectivity index (χ1) is 31.3. The molecule has 4 heteroatoms. The molecule has 4 aromatic carbocycles. The van der Waals surface area contributed by atoms with Crippen LogP contribution in [0.25, 0.3) is 34.4 Å². The van der Waals surface area contributed by atoms with Crippen molar-refractivity contribution in [2.45, 2.75) is 186 Å². The van der Waals surface area contributed by atoms with Crippen LogP contribution in [-0.4, -0.2) is 5.92 Å². The van der Waals surface area contributed by atoms with Gasteiger partial charge < -0.3 is 0 Å². The minimum atomic E-state index is -5.04. The molecule has 0 aliphatic heterocycles. The second-order valence-corrected chi connectivity index (χ2v) is 64.8. The van der Waals surface area contributed by atoms with Crippen molar-refractivity contribution in [1.29, 1.82) is 0 Å². The maximum atomic E-state index is 9.25. The Kier molecular flexibility index (Phi) is 14.3. The summed E-state index contributed by atoms with van der Waals surface area (Å²) in [6, 6.07) is 34.1. The molecule has 0 saturated heterocycles. The molecule has 0 aromatic heterocycles. The summed E-state index contributed by atoms with van der Waals surface area (Å²) in [6.07, 6.45) is 37.6. The third-order valence-corrected chi connectivity index (χ3v) is 70.0. The Hall–Kier alpha value is -1.96. The van der Waals surface area contributed by atoms with Gasteiger partial charge in [-0.3, -0.25) is 0 Å². The monoisotopic (exact) mass is 985 g/mol. The number of halogens is 2. The quantitative estimate of drug-likeness (QED) is 0.104. The van der Waals surface area contributed by atoms with Crippen molar-refractivity contribution in [3.8, 4) is 22.3 Å². The normalized spacial score (nSPS) is 23.7. The van der Waals surface area contributed by atoms with Crippen LogP contribution in [0, 0.1) is 11.8 Å². The number of hydrogen-bond donors (Lipinski definition) is 0. The van der Waals surface area contributed by atoms with Crippen LogP contribution < -0.4 is 0 Å². The molecule has 4 saturated carbocycles. The molecule has 0 spiro atoms. The van der Waals surface area contributed by atoms with Crippen LogP contribution in [0.3, 0.4) is 0 Å². The van der Waals surface area contributed by atoms with Crippen molar-refractivity contribution in [2.24, 2.45) is 11.8 Å². The standard InChI is InChI=1S/2C29H35.C2H7Si.2ClH.Zr/c2*1-2-5-10-22(9-4-1)19-23-20-27-13-8-14-28(29(27)21-23)26-17-15-25(16-18-26)24-11-6-3-7-12-24;1-3-2;;;/h2*8,13-18,20-22,24H,1-7,9-12,19H2;3H,1-2H3;2*1H;/q;;;;;+2/p-2. The van der Waals surface area contributed by atoms with E-state index >= 15 is 0 Å². The molecule has 4 fully saturated rings. The van der Waals surface area contributed by atoms with E-state index in [0.29, 0.717) is 23.7 Å². The molecule has 339 valence electrons. The first-order valence-electron chi connectivity index (χ1n) is 26.7. The Labute approximate surface area is 397 Å². The van der Waals surface area contributed by atoms with Gasteiger partial charge in [-0.1, -0.05) is 0 Å². The van der Waals surface area contributed by atoms with Gasteiger partial charge in [0.15, 0.2) is 0 Å². The van der Waals surface area contributed by atoms with Crippen LogP contribution in [0.2, 0.25) is 13.1 Å². The molecule has 0 heterocycles. The fourth-order valence-corrected chi connectivity index (χ4v) is 45.8. The first kappa shape index (κ1) is 45.8. The SMILES string of the molecule is C[SiH](C)[Zr]([Cl])([Cl])([CH]1C(CC2CCCCCC2)=Cc2c(-c3ccc(C4CCCCC4)cc3)cccc21)[CH]1C(CC2CCCCCC2)=Cc2c(-c3ccc(C4CCCCC4)cc3)cccc21. The Morgan fingerprint density at radius 2 is 0.781 bits per heavy atom. The van der Waals surface area contributed by atoms with Gasteiger partial charge in [0.05, 0.1) is 0 Å². The Morgan fingerprint density at radius 1 is 0.438 bits per heavy atom. The van der Waals surface area contributed by atoms with Crippen LogP contribution >= 0.6 is 17.0 Å². The van der Waals surface area contributed by atoms with E-state index in [1.54, 1.807) is 11.1 Å². The molecular formula is C60H77Cl2SiZr. The Bertz CT molecular complexity index is 2130. The van der Waals surface area contributed by atoms with Crippen LogP contribution in [0.4, 0.5) is 0 Å². The fraction of sp³-hybridized carbons (Fsp3) is 0.533. The molecule has 2 atom stereocenters. The van der Waals surface area contributed by atoms with Crippen LogP contribution in [0.15, 0.2) is 96.1 Å². The van der Waals surface area contributed by atoms with Crippen molar-refractivity contribution in [3.63, 3.8) is 0 Å². The summed E-state index contributed by atoms with van der Waals surface area (Å²) in [5, 5.41) is 0. The predicted octanol–water partition coefficient (Wildman–Crippen LogP) is 19.4. The summed E-state index contributed by atoms with van der Waals surface area (Å²) < 4.78 is 0.283. The molecular weight excluding hydrogens is 911 g/mol. The molecule has 10 rings (SSSR count). The zero-order chi connectivity index (χ0) is 43.7. The van der Waals surface area contributed by atoms with Crippen molar-refractivity contribution in [3.05, 3.63) is 129 Å². The second-order valence-electron chi connectivity index (χ2n) is 22.3. The van der Waals surface area contributed by atoms with E-state index in [0.717, 1.165) is 12.8 Å². The zero-order valence-electron chi connectivity index (χ0n) is 39.5. The van der Waals surface area contributed by atoms with Gasteiger partial charge in [0.1, 0.15) is 0 Å². The Balaban J connectivity index is 1.10. The second kappa shape index (κ2) is 19.9. The van der Waals surface area contributed by atoms with E-state index < -0.39 is 21.5 Å². The molecule has 6 aliphatic carbocycles. The number of benzene rings is 4. The van der Waals surface area contributed by atoms with E-state index in [2.05, 4.69) is 110 Å².